The van der Waals surface area contributed by atoms with Gasteiger partial charge in [0.1, 0.15) is 0 Å². The first-order chi connectivity index (χ1) is 9.81. The van der Waals surface area contributed by atoms with Crippen molar-refractivity contribution in [2.24, 2.45) is 0 Å². The van der Waals surface area contributed by atoms with Gasteiger partial charge < -0.3 is 15.3 Å². The van der Waals surface area contributed by atoms with Crippen LogP contribution in [-0.2, 0) is 65.4 Å². The van der Waals surface area contributed by atoms with Crippen molar-refractivity contribution in [3.05, 3.63) is 64.7 Å². The molecule has 3 N–H and O–H groups in total. The van der Waals surface area contributed by atoms with Crippen LogP contribution in [0.15, 0.2) is 30.3 Å². The maximum absolute atomic E-state index is 10.4. The molecule has 0 bridgehead atoms. The number of rotatable bonds is 2. The number of aromatic carboxylic acids is 2. The van der Waals surface area contributed by atoms with Crippen LogP contribution in [0.2, 0.25) is 0 Å². The van der Waals surface area contributed by atoms with Gasteiger partial charge in [-0.25, -0.2) is 0 Å². The zero-order valence-corrected chi connectivity index (χ0v) is 18.4. The molecule has 0 saturated heterocycles. The zero-order chi connectivity index (χ0) is 16.0. The summed E-state index contributed by atoms with van der Waals surface area (Å²) in [5, 5.41) is 26.0. The smallest absolute Gasteiger partial charge is 0.278 e. The average Bonchev–Trinajstić information content (AvgIpc) is 2.42. The number of aryl methyl sites for hydroxylation is 2. The normalized spacial score (nSPS) is 8.61. The summed E-state index contributed by atoms with van der Waals surface area (Å²) >= 11 is 0. The summed E-state index contributed by atoms with van der Waals surface area (Å²) in [6, 6.07) is 12.6. The van der Waals surface area contributed by atoms with Crippen LogP contribution in [0.25, 0.3) is 0 Å². The van der Waals surface area contributed by atoms with E-state index in [0.29, 0.717) is 11.1 Å². The SMILES string of the molecule is Cc1c[c-]cc(C(=O)O)c1.Cc1cc(C(=O)O)c[c-]c1O.[Y].[Y]. The second-order valence-corrected chi connectivity index (χ2v) is 4.33. The van der Waals surface area contributed by atoms with Gasteiger partial charge in [-0.05, 0) is 0 Å². The Labute approximate surface area is 184 Å². The molecule has 0 aliphatic carbocycles. The van der Waals surface area contributed by atoms with Gasteiger partial charge in [0.2, 0.25) is 0 Å². The number of carbonyl (C=O) groups is 2. The second kappa shape index (κ2) is 11.9. The van der Waals surface area contributed by atoms with Crippen LogP contribution in [0.5, 0.6) is 5.75 Å². The van der Waals surface area contributed by atoms with Gasteiger partial charge in [0.05, 0.1) is 0 Å². The van der Waals surface area contributed by atoms with Crippen molar-refractivity contribution in [3.63, 3.8) is 0 Å². The number of phenolic OH excluding ortho intramolecular Hbond substituents is 1. The fraction of sp³-hybridized carbons (Fsp3) is 0.125. The molecular weight excluding hydrogens is 450 g/mol. The predicted octanol–water partition coefficient (Wildman–Crippen LogP) is 2.69. The molecule has 0 aliphatic rings. The van der Waals surface area contributed by atoms with E-state index < -0.39 is 11.9 Å². The van der Waals surface area contributed by atoms with Crippen molar-refractivity contribution in [2.45, 2.75) is 13.8 Å². The number of benzene rings is 2. The number of carboxylic acids is 2. The summed E-state index contributed by atoms with van der Waals surface area (Å²) in [7, 11) is 0. The van der Waals surface area contributed by atoms with E-state index in [4.69, 9.17) is 15.3 Å². The first-order valence-corrected chi connectivity index (χ1v) is 5.97. The van der Waals surface area contributed by atoms with E-state index >= 15 is 0 Å². The van der Waals surface area contributed by atoms with E-state index in [1.165, 1.54) is 18.2 Å². The van der Waals surface area contributed by atoms with E-state index in [0.717, 1.165) is 5.56 Å². The molecule has 5 nitrogen and oxygen atoms in total. The Morgan fingerprint density at radius 1 is 0.913 bits per heavy atom. The first kappa shape index (κ1) is 24.6. The molecule has 116 valence electrons. The Morgan fingerprint density at radius 3 is 1.83 bits per heavy atom. The zero-order valence-electron chi connectivity index (χ0n) is 12.7. The average molecular weight is 464 g/mol. The van der Waals surface area contributed by atoms with Gasteiger partial charge in [-0.3, -0.25) is 9.59 Å². The van der Waals surface area contributed by atoms with Gasteiger partial charge in [-0.15, -0.1) is 11.6 Å². The van der Waals surface area contributed by atoms with Crippen LogP contribution >= 0.6 is 0 Å². The third kappa shape index (κ3) is 8.71. The molecule has 2 rings (SSSR count). The summed E-state index contributed by atoms with van der Waals surface area (Å²) in [5.74, 6) is -1.92. The summed E-state index contributed by atoms with van der Waals surface area (Å²) < 4.78 is 0. The maximum atomic E-state index is 10.4. The van der Waals surface area contributed by atoms with Crippen LogP contribution in [-0.4, -0.2) is 27.3 Å². The van der Waals surface area contributed by atoms with Crippen LogP contribution in [0.3, 0.4) is 0 Å². The van der Waals surface area contributed by atoms with E-state index in [1.54, 1.807) is 19.1 Å². The molecule has 0 saturated carbocycles. The minimum atomic E-state index is -1.01. The summed E-state index contributed by atoms with van der Waals surface area (Å²) in [5.41, 5.74) is 1.87. The quantitative estimate of drug-likeness (QED) is 0.595. The van der Waals surface area contributed by atoms with Gasteiger partial charge in [0.25, 0.3) is 11.9 Å². The number of hydrogen-bond acceptors (Lipinski definition) is 3. The Bertz CT molecular complexity index is 671. The molecule has 0 heterocycles. The number of hydrogen-bond donors (Lipinski definition) is 3. The second-order valence-electron chi connectivity index (χ2n) is 4.33. The fourth-order valence-electron chi connectivity index (χ4n) is 1.44. The summed E-state index contributed by atoms with van der Waals surface area (Å²) in [6.07, 6.45) is 0. The molecule has 23 heavy (non-hydrogen) atoms. The Hall–Kier alpha value is -0.612. The van der Waals surface area contributed by atoms with E-state index in [-0.39, 0.29) is 76.7 Å². The number of aromatic hydroxyl groups is 1. The van der Waals surface area contributed by atoms with Crippen molar-refractivity contribution in [3.8, 4) is 5.75 Å². The van der Waals surface area contributed by atoms with Crippen LogP contribution in [0, 0.1) is 26.0 Å². The van der Waals surface area contributed by atoms with Crippen LogP contribution < -0.4 is 0 Å². The topological polar surface area (TPSA) is 94.8 Å². The van der Waals surface area contributed by atoms with E-state index in [1.807, 2.05) is 6.92 Å². The van der Waals surface area contributed by atoms with Gasteiger partial charge >= 0.3 is 0 Å². The molecular formula is C16H14O5Y2-2. The Balaban J connectivity index is 0. The molecule has 2 aromatic carbocycles. The molecule has 0 atom stereocenters. The Morgan fingerprint density at radius 2 is 1.43 bits per heavy atom. The molecule has 0 aliphatic heterocycles. The number of phenols is 1. The largest absolute Gasteiger partial charge is 0.534 e. The summed E-state index contributed by atoms with van der Waals surface area (Å²) in [6.45, 7) is 3.46. The minimum Gasteiger partial charge on any atom is -0.534 e. The van der Waals surface area contributed by atoms with Crippen molar-refractivity contribution in [1.29, 1.82) is 0 Å². The van der Waals surface area contributed by atoms with Gasteiger partial charge in [-0.2, -0.15) is 42.0 Å². The molecule has 0 unspecified atom stereocenters. The third-order valence-corrected chi connectivity index (χ3v) is 2.54. The molecule has 0 aromatic heterocycles. The third-order valence-electron chi connectivity index (χ3n) is 2.54. The van der Waals surface area contributed by atoms with Crippen molar-refractivity contribution in [2.75, 3.05) is 0 Å². The standard InChI is InChI=1S/C8H7O3.C8H7O2.2Y/c1-5-4-6(8(10)11)2-3-7(5)9;1-6-3-2-4-7(5-6)8(9)10;;/h2,4,9H,1H3,(H,10,11);3-5H,1H3,(H,9,10);;/q2*-1;;. The number of carboxylic acid groups (broad SMARTS) is 2. The maximum Gasteiger partial charge on any atom is 0.278 e. The van der Waals surface area contributed by atoms with Crippen molar-refractivity contribution in [1.82, 2.24) is 0 Å². The van der Waals surface area contributed by atoms with Gasteiger partial charge in [-0.1, -0.05) is 25.0 Å². The van der Waals surface area contributed by atoms with Crippen LogP contribution in [0.4, 0.5) is 0 Å². The molecule has 0 fully saturated rings. The summed E-state index contributed by atoms with van der Waals surface area (Å²) in [4.78, 5) is 20.7. The molecule has 0 amide bonds. The van der Waals surface area contributed by atoms with Gasteiger partial charge in [0, 0.05) is 71.2 Å². The van der Waals surface area contributed by atoms with E-state index in [2.05, 4.69) is 12.1 Å². The molecule has 0 spiro atoms. The van der Waals surface area contributed by atoms with Crippen LogP contribution in [0.1, 0.15) is 31.8 Å². The van der Waals surface area contributed by atoms with Crippen molar-refractivity contribution >= 4 is 11.9 Å². The van der Waals surface area contributed by atoms with Gasteiger partial charge in [0.15, 0.2) is 0 Å². The molecule has 2 aromatic rings. The minimum absolute atomic E-state index is 0. The van der Waals surface area contributed by atoms with Crippen molar-refractivity contribution < 1.29 is 90.3 Å². The predicted molar refractivity (Wildman–Crippen MR) is 75.6 cm³/mol. The first-order valence-electron chi connectivity index (χ1n) is 5.97. The molecule has 2 radical (unpaired) electrons. The fourth-order valence-corrected chi connectivity index (χ4v) is 1.44. The van der Waals surface area contributed by atoms with E-state index in [9.17, 15) is 9.59 Å². The monoisotopic (exact) mass is 464 g/mol. The molecule has 7 heteroatoms. The Kier molecular flexibility index (Phi) is 12.7.